The van der Waals surface area contributed by atoms with Crippen molar-refractivity contribution in [3.63, 3.8) is 0 Å². The predicted octanol–water partition coefficient (Wildman–Crippen LogP) is 3.09. The molecule has 2 aliphatic rings. The van der Waals surface area contributed by atoms with Crippen LogP contribution in [0.3, 0.4) is 0 Å². The minimum atomic E-state index is -3.79. The highest BCUT2D eigenvalue weighted by molar-refractivity contribution is 7.89. The number of nitriles is 1. The molecule has 33 heavy (non-hydrogen) atoms. The van der Waals surface area contributed by atoms with Crippen molar-refractivity contribution in [3.8, 4) is 17.6 Å². The van der Waals surface area contributed by atoms with Gasteiger partial charge in [0.25, 0.3) is 0 Å². The van der Waals surface area contributed by atoms with E-state index in [-0.39, 0.29) is 41.9 Å². The number of piperidine rings is 1. The van der Waals surface area contributed by atoms with Crippen molar-refractivity contribution >= 4 is 27.5 Å². The summed E-state index contributed by atoms with van der Waals surface area (Å²) < 4.78 is 38.6. The maximum atomic E-state index is 13.0. The molecule has 0 radical (unpaired) electrons. The number of carbonyl (C=O) groups is 1. The quantitative estimate of drug-likeness (QED) is 0.691. The van der Waals surface area contributed by atoms with Crippen LogP contribution in [0.25, 0.3) is 0 Å². The highest BCUT2D eigenvalue weighted by Gasteiger charge is 2.33. The molecule has 0 aromatic heterocycles. The largest absolute Gasteiger partial charge is 0.489 e. The third kappa shape index (κ3) is 5.08. The average molecular weight is 490 g/mol. The summed E-state index contributed by atoms with van der Waals surface area (Å²) in [7, 11) is -3.79. The third-order valence-corrected chi connectivity index (χ3v) is 8.02. The predicted molar refractivity (Wildman–Crippen MR) is 122 cm³/mol. The van der Waals surface area contributed by atoms with Gasteiger partial charge in [-0.05, 0) is 42.7 Å². The van der Waals surface area contributed by atoms with E-state index in [1.54, 1.807) is 18.2 Å². The van der Waals surface area contributed by atoms with Gasteiger partial charge in [-0.25, -0.2) is 8.42 Å². The second kappa shape index (κ2) is 10.00. The Balaban J connectivity index is 1.35. The number of benzene rings is 2. The number of nitrogens with one attached hydrogen (secondary N) is 1. The van der Waals surface area contributed by atoms with Crippen molar-refractivity contribution in [1.29, 1.82) is 5.26 Å². The van der Waals surface area contributed by atoms with Gasteiger partial charge in [0.1, 0.15) is 6.07 Å². The molecule has 0 atom stereocenters. The molecule has 10 heteroatoms. The Labute approximate surface area is 198 Å². The SMILES string of the molecule is N#Cc1ccccc1S(=O)(=O)N1CCC(C(=O)NCc2cc(Cl)c3c(c2)OCCCO3)CC1. The Morgan fingerprint density at radius 3 is 2.67 bits per heavy atom. The molecule has 0 aliphatic carbocycles. The molecule has 0 bridgehead atoms. The van der Waals surface area contributed by atoms with Crippen molar-refractivity contribution in [3.05, 3.63) is 52.5 Å². The number of nitrogens with zero attached hydrogens (tertiary/aromatic N) is 2. The number of hydrogen-bond acceptors (Lipinski definition) is 6. The molecule has 2 heterocycles. The number of sulfonamides is 1. The van der Waals surface area contributed by atoms with Gasteiger partial charge in [0, 0.05) is 32.0 Å². The van der Waals surface area contributed by atoms with E-state index >= 15 is 0 Å². The smallest absolute Gasteiger partial charge is 0.244 e. The van der Waals surface area contributed by atoms with Gasteiger partial charge in [0.15, 0.2) is 11.5 Å². The highest BCUT2D eigenvalue weighted by atomic mass is 35.5. The molecule has 1 fully saturated rings. The number of hydrogen-bond donors (Lipinski definition) is 1. The maximum absolute atomic E-state index is 13.0. The second-order valence-corrected chi connectivity index (χ2v) is 10.3. The van der Waals surface area contributed by atoms with E-state index in [4.69, 9.17) is 21.1 Å². The van der Waals surface area contributed by atoms with Gasteiger partial charge in [-0.1, -0.05) is 23.7 Å². The van der Waals surface area contributed by atoms with Gasteiger partial charge in [-0.2, -0.15) is 9.57 Å². The van der Waals surface area contributed by atoms with Crippen LogP contribution >= 0.6 is 11.6 Å². The van der Waals surface area contributed by atoms with E-state index in [1.165, 1.54) is 16.4 Å². The summed E-state index contributed by atoms with van der Waals surface area (Å²) in [6, 6.07) is 11.6. The molecular weight excluding hydrogens is 466 g/mol. The van der Waals surface area contributed by atoms with Crippen LogP contribution in [0, 0.1) is 17.2 Å². The molecule has 2 aromatic carbocycles. The van der Waals surface area contributed by atoms with Gasteiger partial charge in [0.2, 0.25) is 15.9 Å². The molecule has 1 amide bonds. The molecule has 1 saturated heterocycles. The average Bonchev–Trinajstić information content (AvgIpc) is 3.08. The van der Waals surface area contributed by atoms with Crippen LogP contribution in [-0.4, -0.2) is 44.9 Å². The zero-order valence-electron chi connectivity index (χ0n) is 17.9. The van der Waals surface area contributed by atoms with Crippen LogP contribution in [0.2, 0.25) is 5.02 Å². The summed E-state index contributed by atoms with van der Waals surface area (Å²) in [5.41, 5.74) is 0.914. The van der Waals surface area contributed by atoms with Crippen LogP contribution in [0.15, 0.2) is 41.3 Å². The molecule has 0 saturated carbocycles. The number of carbonyl (C=O) groups excluding carboxylic acids is 1. The van der Waals surface area contributed by atoms with Gasteiger partial charge in [-0.3, -0.25) is 4.79 Å². The molecule has 2 aromatic rings. The lowest BCUT2D eigenvalue weighted by molar-refractivity contribution is -0.126. The standard InChI is InChI=1S/C23H24ClN3O5S/c24-19-12-16(13-20-22(19)32-11-3-10-31-20)15-26-23(28)17-6-8-27(9-7-17)33(29,30)21-5-2-1-4-18(21)14-25/h1-2,4-5,12-13,17H,3,6-11,15H2,(H,26,28). The summed E-state index contributed by atoms with van der Waals surface area (Å²) in [5, 5.41) is 12.6. The van der Waals surface area contributed by atoms with Crippen LogP contribution in [0.4, 0.5) is 0 Å². The van der Waals surface area contributed by atoms with Gasteiger partial charge in [0.05, 0.1) is 28.7 Å². The summed E-state index contributed by atoms with van der Waals surface area (Å²) in [6.07, 6.45) is 1.58. The summed E-state index contributed by atoms with van der Waals surface area (Å²) in [5.74, 6) is 0.669. The lowest BCUT2D eigenvalue weighted by Gasteiger charge is -2.30. The molecule has 1 N–H and O–H groups in total. The van der Waals surface area contributed by atoms with E-state index in [9.17, 15) is 18.5 Å². The van der Waals surface area contributed by atoms with Crippen molar-refractivity contribution in [2.24, 2.45) is 5.92 Å². The minimum Gasteiger partial charge on any atom is -0.489 e. The Kier molecular flexibility index (Phi) is 7.08. The fourth-order valence-electron chi connectivity index (χ4n) is 4.00. The number of amides is 1. The first kappa shape index (κ1) is 23.4. The molecule has 4 rings (SSSR count). The first-order valence-corrected chi connectivity index (χ1v) is 12.6. The molecule has 0 spiro atoms. The molecule has 174 valence electrons. The van der Waals surface area contributed by atoms with E-state index in [0.29, 0.717) is 42.6 Å². The lowest BCUT2D eigenvalue weighted by Crippen LogP contribution is -2.43. The normalized spacial score (nSPS) is 17.1. The molecule has 8 nitrogen and oxygen atoms in total. The fraction of sp³-hybridized carbons (Fsp3) is 0.391. The number of rotatable bonds is 5. The minimum absolute atomic E-state index is 0.00156. The van der Waals surface area contributed by atoms with Crippen LogP contribution < -0.4 is 14.8 Å². The van der Waals surface area contributed by atoms with Crippen molar-refractivity contribution < 1.29 is 22.7 Å². The zero-order chi connectivity index (χ0) is 23.4. The van der Waals surface area contributed by atoms with E-state index in [0.717, 1.165) is 12.0 Å². The fourth-order valence-corrected chi connectivity index (χ4v) is 5.90. The van der Waals surface area contributed by atoms with Crippen LogP contribution in [0.1, 0.15) is 30.4 Å². The summed E-state index contributed by atoms with van der Waals surface area (Å²) >= 11 is 6.31. The molecular formula is C23H24ClN3O5S. The Morgan fingerprint density at radius 2 is 1.91 bits per heavy atom. The Bertz CT molecular complexity index is 1190. The number of fused-ring (bicyclic) bond motifs is 1. The first-order chi connectivity index (χ1) is 15.9. The Hall–Kier alpha value is -2.80. The monoisotopic (exact) mass is 489 g/mol. The number of halogens is 1. The first-order valence-electron chi connectivity index (χ1n) is 10.7. The molecule has 0 unspecified atom stereocenters. The van der Waals surface area contributed by atoms with E-state index < -0.39 is 10.0 Å². The summed E-state index contributed by atoms with van der Waals surface area (Å²) in [6.45, 7) is 1.80. The van der Waals surface area contributed by atoms with E-state index in [2.05, 4.69) is 5.32 Å². The third-order valence-electron chi connectivity index (χ3n) is 5.78. The van der Waals surface area contributed by atoms with Crippen molar-refractivity contribution in [2.45, 2.75) is 30.7 Å². The summed E-state index contributed by atoms with van der Waals surface area (Å²) in [4.78, 5) is 12.7. The van der Waals surface area contributed by atoms with Gasteiger partial charge < -0.3 is 14.8 Å². The topological polar surface area (TPSA) is 109 Å². The Morgan fingerprint density at radius 1 is 1.18 bits per heavy atom. The maximum Gasteiger partial charge on any atom is 0.244 e. The lowest BCUT2D eigenvalue weighted by atomic mass is 9.97. The van der Waals surface area contributed by atoms with Gasteiger partial charge in [-0.15, -0.1) is 0 Å². The highest BCUT2D eigenvalue weighted by Crippen LogP contribution is 2.38. The molecule has 2 aliphatic heterocycles. The van der Waals surface area contributed by atoms with Crippen LogP contribution in [-0.2, 0) is 21.4 Å². The van der Waals surface area contributed by atoms with Gasteiger partial charge >= 0.3 is 0 Å². The zero-order valence-corrected chi connectivity index (χ0v) is 19.5. The number of ether oxygens (including phenoxy) is 2. The second-order valence-electron chi connectivity index (χ2n) is 7.96. The van der Waals surface area contributed by atoms with Crippen LogP contribution in [0.5, 0.6) is 11.5 Å². The van der Waals surface area contributed by atoms with Crippen molar-refractivity contribution in [2.75, 3.05) is 26.3 Å². The van der Waals surface area contributed by atoms with Crippen molar-refractivity contribution in [1.82, 2.24) is 9.62 Å². The van der Waals surface area contributed by atoms with E-state index in [1.807, 2.05) is 12.1 Å².